The number of aromatic nitrogens is 1. The van der Waals surface area contributed by atoms with Crippen molar-refractivity contribution in [2.24, 2.45) is 0 Å². The number of pyridine rings is 1. The van der Waals surface area contributed by atoms with Gasteiger partial charge in [-0.05, 0) is 49.3 Å². The molecule has 0 spiro atoms. The van der Waals surface area contributed by atoms with Gasteiger partial charge in [0.25, 0.3) is 0 Å². The SMILES string of the molecule is CCC(CC)c1cc(C2CCOCC2)ccn1. The molecule has 0 unspecified atom stereocenters. The first-order valence-corrected chi connectivity index (χ1v) is 6.88. The minimum absolute atomic E-state index is 0.620. The zero-order valence-corrected chi connectivity index (χ0v) is 11.0. The van der Waals surface area contributed by atoms with E-state index in [4.69, 9.17) is 4.74 Å². The van der Waals surface area contributed by atoms with E-state index in [2.05, 4.69) is 31.0 Å². The zero-order valence-electron chi connectivity index (χ0n) is 11.0. The fraction of sp³-hybridized carbons (Fsp3) is 0.667. The molecule has 1 aromatic heterocycles. The summed E-state index contributed by atoms with van der Waals surface area (Å²) in [6.45, 7) is 6.31. The van der Waals surface area contributed by atoms with Gasteiger partial charge in [-0.25, -0.2) is 0 Å². The molecule has 1 saturated heterocycles. The minimum Gasteiger partial charge on any atom is -0.381 e. The van der Waals surface area contributed by atoms with Crippen molar-refractivity contribution in [3.05, 3.63) is 29.6 Å². The average Bonchev–Trinajstić information content (AvgIpc) is 2.42. The van der Waals surface area contributed by atoms with Crippen LogP contribution in [0, 0.1) is 0 Å². The lowest BCUT2D eigenvalue weighted by Crippen LogP contribution is -2.14. The summed E-state index contributed by atoms with van der Waals surface area (Å²) < 4.78 is 5.43. The van der Waals surface area contributed by atoms with Crippen LogP contribution in [0.15, 0.2) is 18.3 Å². The highest BCUT2D eigenvalue weighted by atomic mass is 16.5. The van der Waals surface area contributed by atoms with Crippen LogP contribution in [0.2, 0.25) is 0 Å². The van der Waals surface area contributed by atoms with Crippen molar-refractivity contribution in [1.82, 2.24) is 4.98 Å². The summed E-state index contributed by atoms with van der Waals surface area (Å²) in [5, 5.41) is 0. The summed E-state index contributed by atoms with van der Waals surface area (Å²) in [5.41, 5.74) is 2.74. The second kappa shape index (κ2) is 6.15. The fourth-order valence-corrected chi connectivity index (χ4v) is 2.68. The predicted octanol–water partition coefficient (Wildman–Crippen LogP) is 3.88. The molecule has 0 atom stereocenters. The van der Waals surface area contributed by atoms with E-state index in [1.807, 2.05) is 6.20 Å². The summed E-state index contributed by atoms with van der Waals surface area (Å²) in [6, 6.07) is 4.51. The molecule has 1 fully saturated rings. The smallest absolute Gasteiger partial charge is 0.0471 e. The Hall–Kier alpha value is -0.890. The topological polar surface area (TPSA) is 22.1 Å². The summed E-state index contributed by atoms with van der Waals surface area (Å²) >= 11 is 0. The Morgan fingerprint density at radius 1 is 1.29 bits per heavy atom. The van der Waals surface area contributed by atoms with Crippen LogP contribution >= 0.6 is 0 Å². The van der Waals surface area contributed by atoms with Crippen LogP contribution in [0.25, 0.3) is 0 Å². The highest BCUT2D eigenvalue weighted by molar-refractivity contribution is 5.23. The average molecular weight is 233 g/mol. The largest absolute Gasteiger partial charge is 0.381 e. The highest BCUT2D eigenvalue weighted by Crippen LogP contribution is 2.29. The molecule has 0 aromatic carbocycles. The molecule has 1 aliphatic heterocycles. The van der Waals surface area contributed by atoms with Gasteiger partial charge < -0.3 is 4.74 Å². The Labute approximate surface area is 104 Å². The van der Waals surface area contributed by atoms with Gasteiger partial charge in [-0.2, -0.15) is 0 Å². The predicted molar refractivity (Wildman–Crippen MR) is 70.4 cm³/mol. The molecule has 0 amide bonds. The van der Waals surface area contributed by atoms with E-state index >= 15 is 0 Å². The van der Waals surface area contributed by atoms with Crippen molar-refractivity contribution in [2.75, 3.05) is 13.2 Å². The number of ether oxygens (including phenoxy) is 1. The summed E-state index contributed by atoms with van der Waals surface area (Å²) in [6.07, 6.45) is 6.67. The van der Waals surface area contributed by atoms with Crippen molar-refractivity contribution in [1.29, 1.82) is 0 Å². The molecular formula is C15H23NO. The third-order valence-electron chi connectivity index (χ3n) is 3.90. The van der Waals surface area contributed by atoms with Crippen molar-refractivity contribution in [3.8, 4) is 0 Å². The molecule has 0 radical (unpaired) electrons. The van der Waals surface area contributed by atoms with Gasteiger partial charge in [0, 0.05) is 31.0 Å². The lowest BCUT2D eigenvalue weighted by Gasteiger charge is -2.23. The molecule has 2 heterocycles. The number of hydrogen-bond donors (Lipinski definition) is 0. The number of rotatable bonds is 4. The van der Waals surface area contributed by atoms with Crippen LogP contribution in [0.3, 0.4) is 0 Å². The van der Waals surface area contributed by atoms with Crippen LogP contribution in [0.1, 0.15) is 62.6 Å². The van der Waals surface area contributed by atoms with Gasteiger partial charge in [0.05, 0.1) is 0 Å². The third-order valence-corrected chi connectivity index (χ3v) is 3.90. The highest BCUT2D eigenvalue weighted by Gasteiger charge is 2.17. The maximum absolute atomic E-state index is 5.43. The molecular weight excluding hydrogens is 210 g/mol. The van der Waals surface area contributed by atoms with Gasteiger partial charge in [0.15, 0.2) is 0 Å². The molecule has 0 bridgehead atoms. The summed E-state index contributed by atoms with van der Waals surface area (Å²) in [4.78, 5) is 4.54. The van der Waals surface area contributed by atoms with Crippen LogP contribution in [-0.2, 0) is 4.74 Å². The molecule has 0 aliphatic carbocycles. The Kier molecular flexibility index (Phi) is 4.55. The molecule has 94 valence electrons. The van der Waals surface area contributed by atoms with Gasteiger partial charge in [-0.15, -0.1) is 0 Å². The van der Waals surface area contributed by atoms with Crippen molar-refractivity contribution in [3.63, 3.8) is 0 Å². The van der Waals surface area contributed by atoms with E-state index in [-0.39, 0.29) is 0 Å². The third kappa shape index (κ3) is 3.06. The lowest BCUT2D eigenvalue weighted by molar-refractivity contribution is 0.0853. The van der Waals surface area contributed by atoms with E-state index in [9.17, 15) is 0 Å². The normalized spacial score (nSPS) is 17.6. The van der Waals surface area contributed by atoms with Crippen molar-refractivity contribution >= 4 is 0 Å². The molecule has 2 heteroatoms. The lowest BCUT2D eigenvalue weighted by atomic mass is 9.89. The van der Waals surface area contributed by atoms with Gasteiger partial charge in [0.1, 0.15) is 0 Å². The maximum atomic E-state index is 5.43. The van der Waals surface area contributed by atoms with Crippen molar-refractivity contribution < 1.29 is 4.74 Å². The molecule has 0 saturated carbocycles. The summed E-state index contributed by atoms with van der Waals surface area (Å²) in [7, 11) is 0. The van der Waals surface area contributed by atoms with Crippen LogP contribution in [0.5, 0.6) is 0 Å². The standard InChI is InChI=1S/C15H23NO/c1-3-12(4-2)15-11-14(5-8-16-15)13-6-9-17-10-7-13/h5,8,11-13H,3-4,6-7,9-10H2,1-2H3. The molecule has 1 aliphatic rings. The van der Waals surface area contributed by atoms with Gasteiger partial charge >= 0.3 is 0 Å². The van der Waals surface area contributed by atoms with E-state index < -0.39 is 0 Å². The first-order chi connectivity index (χ1) is 8.35. The van der Waals surface area contributed by atoms with Gasteiger partial charge in [0.2, 0.25) is 0 Å². The van der Waals surface area contributed by atoms with E-state index in [0.717, 1.165) is 26.1 Å². The molecule has 2 nitrogen and oxygen atoms in total. The van der Waals surface area contributed by atoms with Crippen molar-refractivity contribution in [2.45, 2.75) is 51.4 Å². The quantitative estimate of drug-likeness (QED) is 0.787. The summed E-state index contributed by atoms with van der Waals surface area (Å²) in [5.74, 6) is 1.30. The van der Waals surface area contributed by atoms with Gasteiger partial charge in [-0.1, -0.05) is 13.8 Å². The monoisotopic (exact) mass is 233 g/mol. The maximum Gasteiger partial charge on any atom is 0.0471 e. The number of nitrogens with zero attached hydrogens (tertiary/aromatic N) is 1. The Balaban J connectivity index is 2.15. The molecule has 1 aromatic rings. The second-order valence-electron chi connectivity index (χ2n) is 4.91. The van der Waals surface area contributed by atoms with E-state index in [1.54, 1.807) is 0 Å². The van der Waals surface area contributed by atoms with Crippen LogP contribution in [0.4, 0.5) is 0 Å². The van der Waals surface area contributed by atoms with E-state index in [1.165, 1.54) is 24.1 Å². The number of hydrogen-bond acceptors (Lipinski definition) is 2. The molecule has 2 rings (SSSR count). The second-order valence-corrected chi connectivity index (χ2v) is 4.91. The Morgan fingerprint density at radius 3 is 2.65 bits per heavy atom. The van der Waals surface area contributed by atoms with Gasteiger partial charge in [-0.3, -0.25) is 4.98 Å². The molecule has 0 N–H and O–H groups in total. The minimum atomic E-state index is 0.620. The van der Waals surface area contributed by atoms with Crippen LogP contribution < -0.4 is 0 Å². The Bertz CT molecular complexity index is 341. The molecule has 17 heavy (non-hydrogen) atoms. The fourth-order valence-electron chi connectivity index (χ4n) is 2.68. The van der Waals surface area contributed by atoms with Crippen LogP contribution in [-0.4, -0.2) is 18.2 Å². The zero-order chi connectivity index (χ0) is 12.1. The van der Waals surface area contributed by atoms with E-state index in [0.29, 0.717) is 11.8 Å². The first-order valence-electron chi connectivity index (χ1n) is 6.88. The first kappa shape index (κ1) is 12.6. The Morgan fingerprint density at radius 2 is 2.00 bits per heavy atom.